The second-order valence-corrected chi connectivity index (χ2v) is 9.06. The molecule has 4 aromatic rings. The highest BCUT2D eigenvalue weighted by Crippen LogP contribution is 2.34. The van der Waals surface area contributed by atoms with Gasteiger partial charge in [0.1, 0.15) is 11.3 Å². The quantitative estimate of drug-likeness (QED) is 0.391. The van der Waals surface area contributed by atoms with E-state index in [-0.39, 0.29) is 18.0 Å². The van der Waals surface area contributed by atoms with Gasteiger partial charge in [-0.2, -0.15) is 0 Å². The Morgan fingerprint density at radius 3 is 2.74 bits per heavy atom. The van der Waals surface area contributed by atoms with Gasteiger partial charge in [-0.3, -0.25) is 14.7 Å². The molecular formula is C18H10BrF2N3OS2. The zero-order chi connectivity index (χ0) is 19.0. The molecular weight excluding hydrogens is 456 g/mol. The average Bonchev–Trinajstić information content (AvgIpc) is 3.26. The molecule has 4 rings (SSSR count). The highest BCUT2D eigenvalue weighted by Gasteiger charge is 2.24. The van der Waals surface area contributed by atoms with Gasteiger partial charge in [0.15, 0.2) is 10.9 Å². The summed E-state index contributed by atoms with van der Waals surface area (Å²) in [5.74, 6) is -1.70. The van der Waals surface area contributed by atoms with E-state index < -0.39 is 11.6 Å². The van der Waals surface area contributed by atoms with Gasteiger partial charge in [-0.1, -0.05) is 17.4 Å². The Morgan fingerprint density at radius 2 is 2.04 bits per heavy atom. The molecule has 3 aromatic heterocycles. The maximum Gasteiger partial charge on any atom is 0.270 e. The Bertz CT molecular complexity index is 1130. The summed E-state index contributed by atoms with van der Waals surface area (Å²) in [6.45, 7) is 0.214. The van der Waals surface area contributed by atoms with Crippen LogP contribution in [0.25, 0.3) is 10.2 Å². The Morgan fingerprint density at radius 1 is 1.19 bits per heavy atom. The fraction of sp³-hybridized carbons (Fsp3) is 0.0556. The smallest absolute Gasteiger partial charge is 0.270 e. The van der Waals surface area contributed by atoms with E-state index in [1.54, 1.807) is 30.6 Å². The molecule has 1 amide bonds. The van der Waals surface area contributed by atoms with E-state index in [1.807, 2.05) is 6.07 Å². The van der Waals surface area contributed by atoms with Gasteiger partial charge in [0.25, 0.3) is 5.91 Å². The molecule has 0 atom stereocenters. The molecule has 3 heterocycles. The number of rotatable bonds is 4. The average molecular weight is 466 g/mol. The minimum absolute atomic E-state index is 0.0488. The van der Waals surface area contributed by atoms with Crippen molar-refractivity contribution in [2.24, 2.45) is 0 Å². The summed E-state index contributed by atoms with van der Waals surface area (Å²) in [4.78, 5) is 23.4. The SMILES string of the molecule is O=C(c1ccc(Br)s1)N(Cc1cccnc1)c1nc2c(F)cc(F)cc2s1. The summed E-state index contributed by atoms with van der Waals surface area (Å²) in [5, 5.41) is 0.299. The third-order valence-corrected chi connectivity index (χ3v) is 6.36. The summed E-state index contributed by atoms with van der Waals surface area (Å²) in [6, 6.07) is 9.11. The lowest BCUT2D eigenvalue weighted by atomic mass is 10.2. The van der Waals surface area contributed by atoms with Crippen molar-refractivity contribution in [1.29, 1.82) is 0 Å². The Kier molecular flexibility index (Phi) is 4.98. The molecule has 0 saturated carbocycles. The van der Waals surface area contributed by atoms with Crippen LogP contribution in [0.1, 0.15) is 15.2 Å². The highest BCUT2D eigenvalue weighted by atomic mass is 79.9. The summed E-state index contributed by atoms with van der Waals surface area (Å²) >= 11 is 5.72. The summed E-state index contributed by atoms with van der Waals surface area (Å²) in [5.41, 5.74) is 0.847. The van der Waals surface area contributed by atoms with Gasteiger partial charge in [-0.05, 0) is 45.8 Å². The molecule has 0 unspecified atom stereocenters. The minimum Gasteiger partial charge on any atom is -0.279 e. The Labute approximate surface area is 169 Å². The van der Waals surface area contributed by atoms with Gasteiger partial charge in [-0.15, -0.1) is 11.3 Å². The highest BCUT2D eigenvalue weighted by molar-refractivity contribution is 9.11. The van der Waals surface area contributed by atoms with Gasteiger partial charge in [-0.25, -0.2) is 13.8 Å². The van der Waals surface area contributed by atoms with Crippen LogP contribution >= 0.6 is 38.6 Å². The number of thiazole rings is 1. The molecule has 0 aliphatic heterocycles. The number of benzene rings is 1. The van der Waals surface area contributed by atoms with Crippen molar-refractivity contribution >= 4 is 59.9 Å². The van der Waals surface area contributed by atoms with Crippen molar-refractivity contribution in [3.05, 3.63) is 74.7 Å². The summed E-state index contributed by atoms with van der Waals surface area (Å²) in [6.07, 6.45) is 3.29. The standard InChI is InChI=1S/C18H10BrF2N3OS2/c19-15-4-3-13(26-15)17(25)24(9-10-2-1-5-22-8-10)18-23-16-12(21)6-11(20)7-14(16)27-18/h1-8H,9H2. The van der Waals surface area contributed by atoms with Gasteiger partial charge < -0.3 is 0 Å². The van der Waals surface area contributed by atoms with Crippen LogP contribution in [0, 0.1) is 11.6 Å². The molecule has 1 aromatic carbocycles. The minimum atomic E-state index is -0.750. The second-order valence-electron chi connectivity index (χ2n) is 5.59. The predicted octanol–water partition coefficient (Wildman–Crippen LogP) is 5.64. The maximum absolute atomic E-state index is 14.1. The van der Waals surface area contributed by atoms with E-state index in [2.05, 4.69) is 25.9 Å². The summed E-state index contributed by atoms with van der Waals surface area (Å²) < 4.78 is 28.8. The lowest BCUT2D eigenvalue weighted by Gasteiger charge is -2.19. The normalized spacial score (nSPS) is 11.1. The number of hydrogen-bond donors (Lipinski definition) is 0. The predicted molar refractivity (Wildman–Crippen MR) is 106 cm³/mol. The van der Waals surface area contributed by atoms with Gasteiger partial charge in [0.2, 0.25) is 0 Å². The van der Waals surface area contributed by atoms with E-state index in [0.29, 0.717) is 14.7 Å². The third kappa shape index (κ3) is 3.76. The molecule has 27 heavy (non-hydrogen) atoms. The molecule has 0 spiro atoms. The van der Waals surface area contributed by atoms with Crippen molar-refractivity contribution in [3.8, 4) is 0 Å². The van der Waals surface area contributed by atoms with Crippen molar-refractivity contribution in [3.63, 3.8) is 0 Å². The Hall–Kier alpha value is -2.23. The number of anilines is 1. The van der Waals surface area contributed by atoms with E-state index in [9.17, 15) is 13.6 Å². The van der Waals surface area contributed by atoms with Crippen molar-refractivity contribution in [1.82, 2.24) is 9.97 Å². The number of carbonyl (C=O) groups excluding carboxylic acids is 1. The third-order valence-electron chi connectivity index (χ3n) is 3.73. The first-order chi connectivity index (χ1) is 13.0. The molecule has 0 saturated heterocycles. The largest absolute Gasteiger partial charge is 0.279 e. The van der Waals surface area contributed by atoms with Crippen LogP contribution in [-0.2, 0) is 6.54 Å². The van der Waals surface area contributed by atoms with Crippen molar-refractivity contribution in [2.75, 3.05) is 4.90 Å². The Balaban J connectivity index is 1.79. The van der Waals surface area contributed by atoms with Crippen molar-refractivity contribution < 1.29 is 13.6 Å². The molecule has 136 valence electrons. The monoisotopic (exact) mass is 465 g/mol. The van der Waals surface area contributed by atoms with Crippen LogP contribution < -0.4 is 4.90 Å². The van der Waals surface area contributed by atoms with Crippen LogP contribution in [0.4, 0.5) is 13.9 Å². The van der Waals surface area contributed by atoms with Gasteiger partial charge >= 0.3 is 0 Å². The molecule has 9 heteroatoms. The molecule has 0 bridgehead atoms. The molecule has 0 N–H and O–H groups in total. The van der Waals surface area contributed by atoms with Gasteiger partial charge in [0.05, 0.1) is 19.9 Å². The van der Waals surface area contributed by atoms with E-state index in [4.69, 9.17) is 0 Å². The fourth-order valence-electron chi connectivity index (χ4n) is 2.52. The van der Waals surface area contributed by atoms with Crippen molar-refractivity contribution in [2.45, 2.75) is 6.54 Å². The number of aromatic nitrogens is 2. The van der Waals surface area contributed by atoms with Crippen LogP contribution in [0.2, 0.25) is 0 Å². The van der Waals surface area contributed by atoms with E-state index in [1.165, 1.54) is 22.3 Å². The number of pyridine rings is 1. The number of fused-ring (bicyclic) bond motifs is 1. The first kappa shape index (κ1) is 18.1. The number of nitrogens with zero attached hydrogens (tertiary/aromatic N) is 3. The second kappa shape index (κ2) is 7.41. The van der Waals surface area contributed by atoms with Crippen LogP contribution in [0.15, 0.2) is 52.6 Å². The van der Waals surface area contributed by atoms with E-state index in [0.717, 1.165) is 26.8 Å². The summed E-state index contributed by atoms with van der Waals surface area (Å²) in [7, 11) is 0. The molecule has 0 radical (unpaired) electrons. The fourth-order valence-corrected chi connectivity index (χ4v) is 4.86. The maximum atomic E-state index is 14.1. The molecule has 0 fully saturated rings. The van der Waals surface area contributed by atoms with Crippen LogP contribution in [-0.4, -0.2) is 15.9 Å². The molecule has 0 aliphatic carbocycles. The first-order valence-corrected chi connectivity index (χ1v) is 10.2. The number of carbonyl (C=O) groups is 1. The van der Waals surface area contributed by atoms with E-state index >= 15 is 0 Å². The molecule has 0 aliphatic rings. The first-order valence-electron chi connectivity index (χ1n) is 7.73. The zero-order valence-electron chi connectivity index (χ0n) is 13.5. The van der Waals surface area contributed by atoms with Crippen LogP contribution in [0.5, 0.6) is 0 Å². The number of thiophene rings is 1. The van der Waals surface area contributed by atoms with Crippen LogP contribution in [0.3, 0.4) is 0 Å². The lowest BCUT2D eigenvalue weighted by Crippen LogP contribution is -2.29. The number of halogens is 3. The lowest BCUT2D eigenvalue weighted by molar-refractivity contribution is 0.0989. The number of amides is 1. The zero-order valence-corrected chi connectivity index (χ0v) is 16.7. The number of hydrogen-bond acceptors (Lipinski definition) is 5. The molecule has 4 nitrogen and oxygen atoms in total. The van der Waals surface area contributed by atoms with Gasteiger partial charge in [0, 0.05) is 18.5 Å². The topological polar surface area (TPSA) is 46.1 Å².